The van der Waals surface area contributed by atoms with Crippen LogP contribution in [0.3, 0.4) is 0 Å². The summed E-state index contributed by atoms with van der Waals surface area (Å²) in [5, 5.41) is 0. The first-order valence-corrected chi connectivity index (χ1v) is 4.74. The predicted molar refractivity (Wildman–Crippen MR) is 56.0 cm³/mol. The maximum Gasteiger partial charge on any atom is 0.185 e. The second-order valence-corrected chi connectivity index (χ2v) is 3.29. The fraction of sp³-hybridized carbons (Fsp3) is 0.0833. The molecule has 0 saturated heterocycles. The fourth-order valence-electron chi connectivity index (χ4n) is 1.44. The highest BCUT2D eigenvalue weighted by Crippen LogP contribution is 2.30. The van der Waals surface area contributed by atoms with Gasteiger partial charge in [-0.05, 0) is 18.2 Å². The average Bonchev–Trinajstić information content (AvgIpc) is 2.78. The van der Waals surface area contributed by atoms with Crippen molar-refractivity contribution in [2.75, 3.05) is 7.11 Å². The first-order chi connectivity index (χ1) is 8.15. The van der Waals surface area contributed by atoms with Gasteiger partial charge in [0.1, 0.15) is 11.6 Å². The summed E-state index contributed by atoms with van der Waals surface area (Å²) in [4.78, 5) is 10.4. The van der Waals surface area contributed by atoms with E-state index in [1.165, 1.54) is 25.3 Å². The fourth-order valence-corrected chi connectivity index (χ4v) is 1.44. The third-order valence-electron chi connectivity index (χ3n) is 2.25. The number of methoxy groups -OCH3 is 1. The van der Waals surface area contributed by atoms with Crippen molar-refractivity contribution in [1.82, 2.24) is 0 Å². The lowest BCUT2D eigenvalue weighted by molar-refractivity contribution is 0.110. The van der Waals surface area contributed by atoms with Gasteiger partial charge in [-0.15, -0.1) is 0 Å². The van der Waals surface area contributed by atoms with Gasteiger partial charge in [0.15, 0.2) is 23.6 Å². The third kappa shape index (κ3) is 2.04. The van der Waals surface area contributed by atoms with Gasteiger partial charge >= 0.3 is 0 Å². The van der Waals surface area contributed by atoms with Crippen molar-refractivity contribution in [3.63, 3.8) is 0 Å². The first kappa shape index (κ1) is 11.3. The molecule has 5 heteroatoms. The zero-order valence-electron chi connectivity index (χ0n) is 8.87. The Morgan fingerprint density at radius 2 is 2.00 bits per heavy atom. The minimum absolute atomic E-state index is 0.0383. The molecular weight excluding hydrogens is 230 g/mol. The lowest BCUT2D eigenvalue weighted by Crippen LogP contribution is -1.92. The summed E-state index contributed by atoms with van der Waals surface area (Å²) in [6, 6.07) is 4.71. The molecule has 0 atom stereocenters. The molecule has 88 valence electrons. The van der Waals surface area contributed by atoms with E-state index in [4.69, 9.17) is 9.15 Å². The molecule has 1 aromatic carbocycles. The van der Waals surface area contributed by atoms with Gasteiger partial charge in [-0.25, -0.2) is 8.78 Å². The smallest absolute Gasteiger partial charge is 0.185 e. The molecule has 0 aliphatic heterocycles. The summed E-state index contributed by atoms with van der Waals surface area (Å²) in [5.41, 5.74) is 0.0383. The molecule has 2 rings (SSSR count). The molecule has 0 radical (unpaired) electrons. The SMILES string of the molecule is COc1cc(-c2ccc(C=O)o2)c(F)cc1F. The van der Waals surface area contributed by atoms with Crippen LogP contribution in [0.15, 0.2) is 28.7 Å². The minimum Gasteiger partial charge on any atom is -0.494 e. The Morgan fingerprint density at radius 1 is 1.24 bits per heavy atom. The highest BCUT2D eigenvalue weighted by molar-refractivity contribution is 5.73. The van der Waals surface area contributed by atoms with Crippen molar-refractivity contribution in [3.8, 4) is 17.1 Å². The maximum atomic E-state index is 13.5. The molecular formula is C12H8F2O3. The average molecular weight is 238 g/mol. The van der Waals surface area contributed by atoms with E-state index in [2.05, 4.69) is 0 Å². The van der Waals surface area contributed by atoms with Crippen molar-refractivity contribution in [2.45, 2.75) is 0 Å². The highest BCUT2D eigenvalue weighted by atomic mass is 19.1. The standard InChI is InChI=1S/C12H8F2O3/c1-16-12-4-8(9(13)5-10(12)14)11-3-2-7(6-15)17-11/h2-6H,1H3. The van der Waals surface area contributed by atoms with Gasteiger partial charge < -0.3 is 9.15 Å². The molecule has 0 unspecified atom stereocenters. The van der Waals surface area contributed by atoms with Crippen LogP contribution < -0.4 is 4.74 Å². The number of ether oxygens (including phenoxy) is 1. The molecule has 0 bridgehead atoms. The number of hydrogen-bond donors (Lipinski definition) is 0. The Kier molecular flexibility index (Phi) is 2.91. The van der Waals surface area contributed by atoms with Crippen LogP contribution in [0.1, 0.15) is 10.6 Å². The molecule has 0 amide bonds. The molecule has 1 aromatic heterocycles. The van der Waals surface area contributed by atoms with Gasteiger partial charge in [0.2, 0.25) is 0 Å². The molecule has 0 aliphatic rings. The Labute approximate surface area is 95.6 Å². The first-order valence-electron chi connectivity index (χ1n) is 4.74. The van der Waals surface area contributed by atoms with Crippen molar-refractivity contribution in [3.05, 3.63) is 41.7 Å². The lowest BCUT2D eigenvalue weighted by Gasteiger charge is -2.05. The van der Waals surface area contributed by atoms with E-state index < -0.39 is 11.6 Å². The zero-order valence-corrected chi connectivity index (χ0v) is 8.87. The van der Waals surface area contributed by atoms with Crippen LogP contribution >= 0.6 is 0 Å². The molecule has 17 heavy (non-hydrogen) atoms. The Hall–Kier alpha value is -2.17. The molecule has 0 saturated carbocycles. The third-order valence-corrected chi connectivity index (χ3v) is 2.25. The van der Waals surface area contributed by atoms with Crippen LogP contribution in [0.2, 0.25) is 0 Å². The van der Waals surface area contributed by atoms with Gasteiger partial charge in [0, 0.05) is 6.07 Å². The summed E-state index contributed by atoms with van der Waals surface area (Å²) in [6.07, 6.45) is 0.502. The van der Waals surface area contributed by atoms with E-state index in [1.807, 2.05) is 0 Å². The molecule has 3 nitrogen and oxygen atoms in total. The molecule has 2 aromatic rings. The molecule has 0 fully saturated rings. The molecule has 0 spiro atoms. The van der Waals surface area contributed by atoms with Crippen LogP contribution in [0, 0.1) is 11.6 Å². The Bertz CT molecular complexity index is 561. The zero-order chi connectivity index (χ0) is 12.4. The summed E-state index contributed by atoms with van der Waals surface area (Å²) in [6.45, 7) is 0. The van der Waals surface area contributed by atoms with E-state index in [1.54, 1.807) is 0 Å². The lowest BCUT2D eigenvalue weighted by atomic mass is 10.1. The predicted octanol–water partition coefficient (Wildman–Crippen LogP) is 3.05. The summed E-state index contributed by atoms with van der Waals surface area (Å²) < 4.78 is 36.5. The van der Waals surface area contributed by atoms with Crippen molar-refractivity contribution in [1.29, 1.82) is 0 Å². The Morgan fingerprint density at radius 3 is 2.59 bits per heavy atom. The van der Waals surface area contributed by atoms with Crippen molar-refractivity contribution >= 4 is 6.29 Å². The number of halogens is 2. The second-order valence-electron chi connectivity index (χ2n) is 3.29. The van der Waals surface area contributed by atoms with E-state index in [0.717, 1.165) is 0 Å². The van der Waals surface area contributed by atoms with Crippen LogP contribution in [-0.2, 0) is 0 Å². The monoisotopic (exact) mass is 238 g/mol. The highest BCUT2D eigenvalue weighted by Gasteiger charge is 2.14. The van der Waals surface area contributed by atoms with Gasteiger partial charge in [0.25, 0.3) is 0 Å². The van der Waals surface area contributed by atoms with Gasteiger partial charge in [-0.3, -0.25) is 4.79 Å². The van der Waals surface area contributed by atoms with E-state index in [-0.39, 0.29) is 22.8 Å². The summed E-state index contributed by atoms with van der Waals surface area (Å²) >= 11 is 0. The molecule has 1 heterocycles. The summed E-state index contributed by atoms with van der Waals surface area (Å²) in [7, 11) is 1.28. The number of aldehydes is 1. The van der Waals surface area contributed by atoms with E-state index >= 15 is 0 Å². The number of hydrogen-bond acceptors (Lipinski definition) is 3. The number of carbonyl (C=O) groups excluding carboxylic acids is 1. The Balaban J connectivity index is 2.54. The maximum absolute atomic E-state index is 13.5. The van der Waals surface area contributed by atoms with Crippen LogP contribution in [0.25, 0.3) is 11.3 Å². The molecule has 0 aliphatic carbocycles. The van der Waals surface area contributed by atoms with Crippen LogP contribution in [-0.4, -0.2) is 13.4 Å². The van der Waals surface area contributed by atoms with Crippen molar-refractivity contribution < 1.29 is 22.7 Å². The number of furan rings is 1. The quantitative estimate of drug-likeness (QED) is 0.771. The van der Waals surface area contributed by atoms with Crippen molar-refractivity contribution in [2.24, 2.45) is 0 Å². The van der Waals surface area contributed by atoms with Gasteiger partial charge in [-0.2, -0.15) is 0 Å². The molecule has 0 N–H and O–H groups in total. The number of carbonyl (C=O) groups is 1. The van der Waals surface area contributed by atoms with Gasteiger partial charge in [-0.1, -0.05) is 0 Å². The number of benzene rings is 1. The van der Waals surface area contributed by atoms with E-state index in [9.17, 15) is 13.6 Å². The normalized spacial score (nSPS) is 10.3. The topological polar surface area (TPSA) is 39.4 Å². The summed E-state index contributed by atoms with van der Waals surface area (Å²) in [5.74, 6) is -1.46. The largest absolute Gasteiger partial charge is 0.494 e. The number of rotatable bonds is 3. The van der Waals surface area contributed by atoms with Crippen LogP contribution in [0.5, 0.6) is 5.75 Å². The van der Waals surface area contributed by atoms with Gasteiger partial charge in [0.05, 0.1) is 12.7 Å². The van der Waals surface area contributed by atoms with E-state index in [0.29, 0.717) is 12.4 Å². The van der Waals surface area contributed by atoms with Crippen LogP contribution in [0.4, 0.5) is 8.78 Å². The minimum atomic E-state index is -0.795. The second kappa shape index (κ2) is 4.37.